The van der Waals surface area contributed by atoms with E-state index in [-0.39, 0.29) is 11.7 Å². The molecule has 0 spiro atoms. The molecular formula is C23H25FN4O. The average molecular weight is 392 g/mol. The highest BCUT2D eigenvalue weighted by Crippen LogP contribution is 2.31. The second kappa shape index (κ2) is 7.78. The molecule has 1 amide bonds. The summed E-state index contributed by atoms with van der Waals surface area (Å²) in [4.78, 5) is 24.2. The zero-order chi connectivity index (χ0) is 20.5. The highest BCUT2D eigenvalue weighted by molar-refractivity contribution is 6.07. The highest BCUT2D eigenvalue weighted by atomic mass is 19.1. The van der Waals surface area contributed by atoms with Gasteiger partial charge >= 0.3 is 0 Å². The molecule has 1 atom stereocenters. The van der Waals surface area contributed by atoms with E-state index in [9.17, 15) is 9.18 Å². The number of nitrogens with zero attached hydrogens (tertiary/aromatic N) is 3. The Labute approximate surface area is 170 Å². The Bertz CT molecular complexity index is 1080. The van der Waals surface area contributed by atoms with E-state index in [4.69, 9.17) is 0 Å². The molecule has 0 aliphatic carbocycles. The number of pyridine rings is 2. The molecule has 3 aromatic rings. The predicted octanol–water partition coefficient (Wildman–Crippen LogP) is 5.00. The number of likely N-dealkylation sites (tertiary alicyclic amines) is 1. The SMILES string of the molecule is Cc1ccc2c(Nc3ccc(C)c(F)c3)c(C(=O)N3CCCC(C)C3)cnc2n1. The van der Waals surface area contributed by atoms with E-state index in [1.807, 2.05) is 30.0 Å². The third-order valence-electron chi connectivity index (χ3n) is 5.48. The van der Waals surface area contributed by atoms with Crippen LogP contribution in [0.2, 0.25) is 0 Å². The second-order valence-corrected chi connectivity index (χ2v) is 7.96. The Morgan fingerprint density at radius 3 is 2.83 bits per heavy atom. The Morgan fingerprint density at radius 2 is 2.07 bits per heavy atom. The van der Waals surface area contributed by atoms with Crippen LogP contribution in [-0.2, 0) is 0 Å². The third-order valence-corrected chi connectivity index (χ3v) is 5.48. The maximum atomic E-state index is 14.1. The summed E-state index contributed by atoms with van der Waals surface area (Å²) in [6.45, 7) is 7.27. The number of carbonyl (C=O) groups is 1. The van der Waals surface area contributed by atoms with Crippen molar-refractivity contribution in [2.24, 2.45) is 5.92 Å². The van der Waals surface area contributed by atoms with Gasteiger partial charge in [0.1, 0.15) is 5.82 Å². The predicted molar refractivity (Wildman–Crippen MR) is 113 cm³/mol. The standard InChI is InChI=1S/C23H25FN4O/c1-14-5-4-10-28(13-14)23(29)19-12-25-22-18(9-7-16(3)26-22)21(19)27-17-8-6-15(2)20(24)11-17/h6-9,11-12,14H,4-5,10,13H2,1-3H3,(H,25,26,27). The van der Waals surface area contributed by atoms with Crippen molar-refractivity contribution in [1.29, 1.82) is 0 Å². The number of halogens is 1. The Kier molecular flexibility index (Phi) is 5.18. The number of aromatic nitrogens is 2. The molecule has 1 unspecified atom stereocenters. The number of rotatable bonds is 3. The zero-order valence-corrected chi connectivity index (χ0v) is 17.0. The Balaban J connectivity index is 1.80. The minimum atomic E-state index is -0.292. The monoisotopic (exact) mass is 392 g/mol. The fourth-order valence-corrected chi connectivity index (χ4v) is 3.83. The van der Waals surface area contributed by atoms with Gasteiger partial charge in [-0.2, -0.15) is 0 Å². The van der Waals surface area contributed by atoms with Gasteiger partial charge in [0.25, 0.3) is 5.91 Å². The summed E-state index contributed by atoms with van der Waals surface area (Å²) < 4.78 is 14.1. The summed E-state index contributed by atoms with van der Waals surface area (Å²) in [6.07, 6.45) is 3.72. The molecule has 1 N–H and O–H groups in total. The molecule has 1 aliphatic rings. The van der Waals surface area contributed by atoms with Gasteiger partial charge in [-0.15, -0.1) is 0 Å². The van der Waals surface area contributed by atoms with Crippen LogP contribution in [0.4, 0.5) is 15.8 Å². The van der Waals surface area contributed by atoms with Gasteiger partial charge in [-0.05, 0) is 62.4 Å². The van der Waals surface area contributed by atoms with E-state index >= 15 is 0 Å². The number of piperidine rings is 1. The third kappa shape index (κ3) is 3.92. The van der Waals surface area contributed by atoms with Crippen molar-refractivity contribution in [3.8, 4) is 0 Å². The average Bonchev–Trinajstić information content (AvgIpc) is 2.70. The molecule has 2 aromatic heterocycles. The van der Waals surface area contributed by atoms with Crippen LogP contribution in [0.1, 0.15) is 41.4 Å². The number of hydrogen-bond acceptors (Lipinski definition) is 4. The van der Waals surface area contributed by atoms with Gasteiger partial charge in [-0.1, -0.05) is 13.0 Å². The molecule has 6 heteroatoms. The van der Waals surface area contributed by atoms with Gasteiger partial charge in [0, 0.05) is 36.1 Å². The fourth-order valence-electron chi connectivity index (χ4n) is 3.83. The Hall–Kier alpha value is -3.02. The normalized spacial score (nSPS) is 16.8. The first-order chi connectivity index (χ1) is 13.9. The molecular weight excluding hydrogens is 367 g/mol. The van der Waals surface area contributed by atoms with Gasteiger partial charge in [0.15, 0.2) is 5.65 Å². The van der Waals surface area contributed by atoms with Crippen LogP contribution in [0.15, 0.2) is 36.5 Å². The quantitative estimate of drug-likeness (QED) is 0.681. The van der Waals surface area contributed by atoms with Crippen molar-refractivity contribution in [3.05, 3.63) is 59.2 Å². The number of anilines is 2. The van der Waals surface area contributed by atoms with E-state index in [2.05, 4.69) is 22.2 Å². The number of aryl methyl sites for hydroxylation is 2. The lowest BCUT2D eigenvalue weighted by Crippen LogP contribution is -2.39. The first kappa shape index (κ1) is 19.3. The first-order valence-corrected chi connectivity index (χ1v) is 10.0. The number of hydrogen-bond donors (Lipinski definition) is 1. The topological polar surface area (TPSA) is 58.1 Å². The van der Waals surface area contributed by atoms with Crippen molar-refractivity contribution in [1.82, 2.24) is 14.9 Å². The second-order valence-electron chi connectivity index (χ2n) is 7.96. The van der Waals surface area contributed by atoms with Crippen molar-refractivity contribution in [2.75, 3.05) is 18.4 Å². The smallest absolute Gasteiger partial charge is 0.257 e. The molecule has 29 heavy (non-hydrogen) atoms. The molecule has 1 aromatic carbocycles. The number of amides is 1. The largest absolute Gasteiger partial charge is 0.354 e. The van der Waals surface area contributed by atoms with Crippen LogP contribution in [0.5, 0.6) is 0 Å². The lowest BCUT2D eigenvalue weighted by molar-refractivity contribution is 0.0684. The van der Waals surface area contributed by atoms with E-state index < -0.39 is 0 Å². The molecule has 150 valence electrons. The van der Waals surface area contributed by atoms with E-state index in [0.717, 1.165) is 37.0 Å². The summed E-state index contributed by atoms with van der Waals surface area (Å²) in [6, 6.07) is 8.77. The van der Waals surface area contributed by atoms with Gasteiger partial charge in [0.2, 0.25) is 0 Å². The van der Waals surface area contributed by atoms with Crippen LogP contribution in [0, 0.1) is 25.6 Å². The number of nitrogens with one attached hydrogen (secondary N) is 1. The summed E-state index contributed by atoms with van der Waals surface area (Å²) in [5.74, 6) is 0.134. The van der Waals surface area contributed by atoms with Crippen molar-refractivity contribution in [2.45, 2.75) is 33.6 Å². The molecule has 0 radical (unpaired) electrons. The number of carbonyl (C=O) groups excluding carboxylic acids is 1. The summed E-state index contributed by atoms with van der Waals surface area (Å²) in [7, 11) is 0. The molecule has 4 rings (SSSR count). The lowest BCUT2D eigenvalue weighted by Gasteiger charge is -2.31. The fraction of sp³-hybridized carbons (Fsp3) is 0.348. The van der Waals surface area contributed by atoms with Gasteiger partial charge < -0.3 is 10.2 Å². The van der Waals surface area contributed by atoms with Crippen LogP contribution < -0.4 is 5.32 Å². The van der Waals surface area contributed by atoms with Gasteiger partial charge in [-0.25, -0.2) is 14.4 Å². The van der Waals surface area contributed by atoms with E-state index in [1.54, 1.807) is 19.2 Å². The lowest BCUT2D eigenvalue weighted by atomic mass is 9.99. The van der Waals surface area contributed by atoms with E-state index in [0.29, 0.717) is 34.1 Å². The number of benzene rings is 1. The van der Waals surface area contributed by atoms with Crippen LogP contribution in [0.25, 0.3) is 11.0 Å². The molecule has 0 bridgehead atoms. The maximum absolute atomic E-state index is 14.1. The van der Waals surface area contributed by atoms with Crippen molar-refractivity contribution >= 4 is 28.3 Å². The molecule has 1 aliphatic heterocycles. The van der Waals surface area contributed by atoms with Crippen LogP contribution >= 0.6 is 0 Å². The van der Waals surface area contributed by atoms with Gasteiger partial charge in [-0.3, -0.25) is 4.79 Å². The molecule has 0 saturated carbocycles. The summed E-state index contributed by atoms with van der Waals surface area (Å²) in [5.41, 5.74) is 3.67. The van der Waals surface area contributed by atoms with Crippen LogP contribution in [-0.4, -0.2) is 33.9 Å². The minimum Gasteiger partial charge on any atom is -0.354 e. The molecule has 1 fully saturated rings. The van der Waals surface area contributed by atoms with E-state index in [1.165, 1.54) is 6.07 Å². The van der Waals surface area contributed by atoms with Crippen LogP contribution in [0.3, 0.4) is 0 Å². The summed E-state index contributed by atoms with van der Waals surface area (Å²) in [5, 5.41) is 4.01. The van der Waals surface area contributed by atoms with Crippen molar-refractivity contribution < 1.29 is 9.18 Å². The van der Waals surface area contributed by atoms with Crippen molar-refractivity contribution in [3.63, 3.8) is 0 Å². The van der Waals surface area contributed by atoms with Gasteiger partial charge in [0.05, 0.1) is 11.3 Å². The summed E-state index contributed by atoms with van der Waals surface area (Å²) >= 11 is 0. The minimum absolute atomic E-state index is 0.0541. The maximum Gasteiger partial charge on any atom is 0.257 e. The first-order valence-electron chi connectivity index (χ1n) is 10.0. The molecule has 3 heterocycles. The highest BCUT2D eigenvalue weighted by Gasteiger charge is 2.25. The number of fused-ring (bicyclic) bond motifs is 1. The zero-order valence-electron chi connectivity index (χ0n) is 17.0. The Morgan fingerprint density at radius 1 is 1.24 bits per heavy atom. The molecule has 5 nitrogen and oxygen atoms in total. The molecule has 1 saturated heterocycles.